The minimum absolute atomic E-state index is 0.0625. The number of hydrogen-bond acceptors (Lipinski definition) is 3. The fourth-order valence-corrected chi connectivity index (χ4v) is 2.17. The van der Waals surface area contributed by atoms with Gasteiger partial charge in [0.25, 0.3) is 0 Å². The molecule has 1 aromatic rings. The molecule has 0 aliphatic heterocycles. The highest BCUT2D eigenvalue weighted by atomic mass is 16.5. The van der Waals surface area contributed by atoms with Gasteiger partial charge < -0.3 is 14.6 Å². The zero-order valence-electron chi connectivity index (χ0n) is 9.77. The highest BCUT2D eigenvalue weighted by molar-refractivity contribution is 5.76. The van der Waals surface area contributed by atoms with Crippen LogP contribution in [0.4, 0.5) is 0 Å². The first-order valence-corrected chi connectivity index (χ1v) is 5.32. The summed E-state index contributed by atoms with van der Waals surface area (Å²) < 4.78 is 10.5. The molecule has 0 amide bonds. The van der Waals surface area contributed by atoms with Gasteiger partial charge in [0, 0.05) is 17.0 Å². The Morgan fingerprint density at radius 1 is 1.29 bits per heavy atom. The Kier molecular flexibility index (Phi) is 3.04. The third-order valence-corrected chi connectivity index (χ3v) is 2.91. The molecule has 0 fully saturated rings. The normalized spacial score (nSPS) is 16.7. The smallest absolute Gasteiger partial charge is 0.304 e. The van der Waals surface area contributed by atoms with Gasteiger partial charge in [-0.2, -0.15) is 0 Å². The van der Waals surface area contributed by atoms with E-state index in [4.69, 9.17) is 14.6 Å². The summed E-state index contributed by atoms with van der Waals surface area (Å²) in [6.07, 6.45) is 3.83. The Balaban J connectivity index is 2.47. The first-order chi connectivity index (χ1) is 8.17. The van der Waals surface area contributed by atoms with E-state index in [2.05, 4.69) is 0 Å². The van der Waals surface area contributed by atoms with Crippen LogP contribution < -0.4 is 9.47 Å². The molecule has 0 saturated heterocycles. The molecule has 2 rings (SSSR count). The number of ether oxygens (including phenoxy) is 2. The van der Waals surface area contributed by atoms with Crippen molar-refractivity contribution in [1.29, 1.82) is 0 Å². The molecule has 4 heteroatoms. The first kappa shape index (κ1) is 11.5. The van der Waals surface area contributed by atoms with Gasteiger partial charge in [0.05, 0.1) is 20.6 Å². The minimum atomic E-state index is -0.822. The number of methoxy groups -OCH3 is 2. The van der Waals surface area contributed by atoms with Crippen LogP contribution in [0.3, 0.4) is 0 Å². The molecule has 1 unspecified atom stereocenters. The van der Waals surface area contributed by atoms with E-state index in [1.165, 1.54) is 0 Å². The van der Waals surface area contributed by atoms with Crippen molar-refractivity contribution in [2.75, 3.05) is 14.2 Å². The molecule has 1 N–H and O–H groups in total. The van der Waals surface area contributed by atoms with E-state index in [1.54, 1.807) is 20.3 Å². The summed E-state index contributed by atoms with van der Waals surface area (Å²) in [5.41, 5.74) is 1.81. The van der Waals surface area contributed by atoms with E-state index in [0.717, 1.165) is 16.9 Å². The summed E-state index contributed by atoms with van der Waals surface area (Å²) in [5, 5.41) is 8.88. The largest absolute Gasteiger partial charge is 0.496 e. The summed E-state index contributed by atoms with van der Waals surface area (Å²) in [6.45, 7) is 0. The maximum Gasteiger partial charge on any atom is 0.304 e. The molecule has 90 valence electrons. The Morgan fingerprint density at radius 3 is 2.53 bits per heavy atom. The van der Waals surface area contributed by atoms with Crippen molar-refractivity contribution in [3.8, 4) is 11.5 Å². The molecule has 0 radical (unpaired) electrons. The lowest BCUT2D eigenvalue weighted by molar-refractivity contribution is -0.137. The molecule has 0 bridgehead atoms. The second-order valence-electron chi connectivity index (χ2n) is 3.86. The van der Waals surface area contributed by atoms with E-state index in [0.29, 0.717) is 5.75 Å². The van der Waals surface area contributed by atoms with Crippen molar-refractivity contribution in [2.45, 2.75) is 12.3 Å². The lowest BCUT2D eigenvalue weighted by atomic mass is 9.96. The van der Waals surface area contributed by atoms with Crippen molar-refractivity contribution in [2.24, 2.45) is 0 Å². The predicted molar refractivity (Wildman–Crippen MR) is 63.6 cm³/mol. The van der Waals surface area contributed by atoms with Crippen LogP contribution in [0, 0.1) is 0 Å². The van der Waals surface area contributed by atoms with Gasteiger partial charge in [-0.15, -0.1) is 0 Å². The van der Waals surface area contributed by atoms with Crippen LogP contribution in [0.15, 0.2) is 18.2 Å². The Bertz CT molecular complexity index is 477. The number of rotatable bonds is 4. The number of fused-ring (bicyclic) bond motifs is 1. The minimum Gasteiger partial charge on any atom is -0.496 e. The first-order valence-electron chi connectivity index (χ1n) is 5.32. The van der Waals surface area contributed by atoms with Crippen molar-refractivity contribution >= 4 is 12.0 Å². The van der Waals surface area contributed by atoms with Gasteiger partial charge in [-0.3, -0.25) is 4.79 Å². The topological polar surface area (TPSA) is 55.8 Å². The Hall–Kier alpha value is -1.97. The number of carboxylic acids is 1. The van der Waals surface area contributed by atoms with Crippen molar-refractivity contribution in [3.05, 3.63) is 29.3 Å². The third kappa shape index (κ3) is 1.98. The molecule has 0 heterocycles. The Morgan fingerprint density at radius 2 is 1.94 bits per heavy atom. The molecule has 0 spiro atoms. The van der Waals surface area contributed by atoms with Crippen LogP contribution in [0.5, 0.6) is 11.5 Å². The average molecular weight is 234 g/mol. The summed E-state index contributed by atoms with van der Waals surface area (Å²) in [7, 11) is 3.18. The number of carbonyl (C=O) groups is 1. The molecular formula is C13H14O4. The maximum absolute atomic E-state index is 10.8. The highest BCUT2D eigenvalue weighted by Gasteiger charge is 2.26. The molecule has 1 aromatic carbocycles. The molecule has 1 aliphatic carbocycles. The average Bonchev–Trinajstić information content (AvgIpc) is 2.71. The lowest BCUT2D eigenvalue weighted by Crippen LogP contribution is -2.05. The van der Waals surface area contributed by atoms with E-state index in [1.807, 2.05) is 18.2 Å². The van der Waals surface area contributed by atoms with Crippen LogP contribution in [0.2, 0.25) is 0 Å². The van der Waals surface area contributed by atoms with Crippen molar-refractivity contribution < 1.29 is 19.4 Å². The number of benzene rings is 1. The molecule has 0 aromatic heterocycles. The van der Waals surface area contributed by atoms with Gasteiger partial charge in [-0.25, -0.2) is 0 Å². The van der Waals surface area contributed by atoms with E-state index >= 15 is 0 Å². The van der Waals surface area contributed by atoms with E-state index in [9.17, 15) is 4.79 Å². The predicted octanol–water partition coefficient (Wildman–Crippen LogP) is 2.29. The fourth-order valence-electron chi connectivity index (χ4n) is 2.17. The molecule has 1 aliphatic rings. The highest BCUT2D eigenvalue weighted by Crippen LogP contribution is 2.43. The SMILES string of the molecule is COc1ccc(OC)c2c1C=CC2CC(=O)O. The lowest BCUT2D eigenvalue weighted by Gasteiger charge is -2.15. The third-order valence-electron chi connectivity index (χ3n) is 2.91. The molecular weight excluding hydrogens is 220 g/mol. The maximum atomic E-state index is 10.8. The number of carboxylic acid groups (broad SMARTS) is 1. The zero-order chi connectivity index (χ0) is 12.4. The van der Waals surface area contributed by atoms with Crippen LogP contribution in [-0.4, -0.2) is 25.3 Å². The second-order valence-corrected chi connectivity index (χ2v) is 3.86. The number of hydrogen-bond donors (Lipinski definition) is 1. The summed E-state index contributed by atoms with van der Waals surface area (Å²) in [5.74, 6) is 0.479. The summed E-state index contributed by atoms with van der Waals surface area (Å²) in [4.78, 5) is 10.8. The van der Waals surface area contributed by atoms with Gasteiger partial charge in [-0.1, -0.05) is 12.2 Å². The fraction of sp³-hybridized carbons (Fsp3) is 0.308. The van der Waals surface area contributed by atoms with Gasteiger partial charge >= 0.3 is 5.97 Å². The van der Waals surface area contributed by atoms with Crippen molar-refractivity contribution in [1.82, 2.24) is 0 Å². The molecule has 0 saturated carbocycles. The van der Waals surface area contributed by atoms with E-state index < -0.39 is 5.97 Å². The van der Waals surface area contributed by atoms with Gasteiger partial charge in [0.2, 0.25) is 0 Å². The Labute approximate surface area is 99.5 Å². The monoisotopic (exact) mass is 234 g/mol. The van der Waals surface area contributed by atoms with E-state index in [-0.39, 0.29) is 12.3 Å². The molecule has 4 nitrogen and oxygen atoms in total. The zero-order valence-corrected chi connectivity index (χ0v) is 9.77. The van der Waals surface area contributed by atoms with Gasteiger partial charge in [-0.05, 0) is 12.1 Å². The molecule has 1 atom stereocenters. The van der Waals surface area contributed by atoms with Crippen LogP contribution in [0.1, 0.15) is 23.5 Å². The van der Waals surface area contributed by atoms with Crippen LogP contribution >= 0.6 is 0 Å². The van der Waals surface area contributed by atoms with Gasteiger partial charge in [0.15, 0.2) is 0 Å². The number of aliphatic carboxylic acids is 1. The van der Waals surface area contributed by atoms with Crippen molar-refractivity contribution in [3.63, 3.8) is 0 Å². The molecule has 17 heavy (non-hydrogen) atoms. The quantitative estimate of drug-likeness (QED) is 0.868. The van der Waals surface area contributed by atoms with Crippen LogP contribution in [-0.2, 0) is 4.79 Å². The standard InChI is InChI=1S/C13H14O4/c1-16-10-5-6-11(17-2)13-8(7-12(14)15)3-4-9(10)13/h3-6,8H,7H2,1-2H3,(H,14,15). The second kappa shape index (κ2) is 4.49. The number of allylic oxidation sites excluding steroid dienone is 1. The summed E-state index contributed by atoms with van der Waals surface area (Å²) in [6, 6.07) is 3.63. The van der Waals surface area contributed by atoms with Crippen LogP contribution in [0.25, 0.3) is 6.08 Å². The summed E-state index contributed by atoms with van der Waals surface area (Å²) >= 11 is 0. The van der Waals surface area contributed by atoms with Gasteiger partial charge in [0.1, 0.15) is 11.5 Å².